The van der Waals surface area contributed by atoms with E-state index in [2.05, 4.69) is 5.32 Å². The minimum atomic E-state index is -0.247. The Labute approximate surface area is 175 Å². The van der Waals surface area contributed by atoms with E-state index in [4.69, 9.17) is 9.47 Å². The Morgan fingerprint density at radius 1 is 0.833 bits per heavy atom. The second-order valence-electron chi connectivity index (χ2n) is 7.93. The van der Waals surface area contributed by atoms with Gasteiger partial charge in [0, 0.05) is 17.8 Å². The van der Waals surface area contributed by atoms with Crippen LogP contribution in [-0.2, 0) is 9.59 Å². The summed E-state index contributed by atoms with van der Waals surface area (Å²) in [5.74, 6) is 0.843. The molecule has 1 saturated carbocycles. The van der Waals surface area contributed by atoms with Gasteiger partial charge in [0.05, 0.1) is 5.57 Å². The number of benzene rings is 2. The van der Waals surface area contributed by atoms with Gasteiger partial charge in [-0.3, -0.25) is 14.5 Å². The summed E-state index contributed by atoms with van der Waals surface area (Å²) in [4.78, 5) is 28.4. The summed E-state index contributed by atoms with van der Waals surface area (Å²) in [7, 11) is 0. The summed E-state index contributed by atoms with van der Waals surface area (Å²) in [6.07, 6.45) is 6.16. The van der Waals surface area contributed by atoms with Crippen molar-refractivity contribution in [1.29, 1.82) is 0 Å². The number of nitrogens with zero attached hydrogens (tertiary/aromatic N) is 1. The molecule has 0 saturated heterocycles. The molecule has 2 aromatic rings. The van der Waals surface area contributed by atoms with E-state index in [1.54, 1.807) is 12.1 Å². The number of anilines is 1. The van der Waals surface area contributed by atoms with Crippen molar-refractivity contribution in [3.8, 4) is 11.5 Å². The third kappa shape index (κ3) is 3.32. The highest BCUT2D eigenvalue weighted by atomic mass is 16.7. The molecule has 0 bridgehead atoms. The molecule has 2 aliphatic heterocycles. The molecule has 5 rings (SSSR count). The number of ether oxygens (including phenoxy) is 2. The molecule has 0 radical (unpaired) electrons. The highest BCUT2D eigenvalue weighted by Crippen LogP contribution is 2.38. The Morgan fingerprint density at radius 2 is 1.57 bits per heavy atom. The van der Waals surface area contributed by atoms with Crippen LogP contribution in [0, 0.1) is 0 Å². The van der Waals surface area contributed by atoms with E-state index in [0.717, 1.165) is 44.1 Å². The maximum Gasteiger partial charge on any atom is 0.278 e. The summed E-state index contributed by atoms with van der Waals surface area (Å²) in [6.45, 7) is 0.184. The first-order valence-electron chi connectivity index (χ1n) is 10.6. The minimum Gasteiger partial charge on any atom is -0.454 e. The molecular weight excluding hydrogens is 380 g/mol. The van der Waals surface area contributed by atoms with Gasteiger partial charge in [0.1, 0.15) is 5.70 Å². The van der Waals surface area contributed by atoms with Crippen LogP contribution >= 0.6 is 0 Å². The monoisotopic (exact) mass is 404 g/mol. The first kappa shape index (κ1) is 18.7. The van der Waals surface area contributed by atoms with Gasteiger partial charge in [-0.15, -0.1) is 0 Å². The van der Waals surface area contributed by atoms with E-state index in [9.17, 15) is 9.59 Å². The second kappa shape index (κ2) is 7.86. The fraction of sp³-hybridized carbons (Fsp3) is 0.333. The number of rotatable bonds is 4. The summed E-state index contributed by atoms with van der Waals surface area (Å²) in [6, 6.07) is 14.8. The number of fused-ring (bicyclic) bond motifs is 1. The third-order valence-corrected chi connectivity index (χ3v) is 6.01. The smallest absolute Gasteiger partial charge is 0.278 e. The second-order valence-corrected chi connectivity index (χ2v) is 7.93. The van der Waals surface area contributed by atoms with Crippen LogP contribution < -0.4 is 14.8 Å². The van der Waals surface area contributed by atoms with Crippen LogP contribution in [0.15, 0.2) is 54.2 Å². The Balaban J connectivity index is 1.52. The van der Waals surface area contributed by atoms with Gasteiger partial charge >= 0.3 is 0 Å². The van der Waals surface area contributed by atoms with Crippen LogP contribution in [0.5, 0.6) is 11.5 Å². The van der Waals surface area contributed by atoms with Gasteiger partial charge in [-0.05, 0) is 30.5 Å². The summed E-state index contributed by atoms with van der Waals surface area (Å²) in [5, 5.41) is 3.22. The predicted octanol–water partition coefficient (Wildman–Crippen LogP) is 4.33. The molecular formula is C24H24N2O4. The molecule has 154 valence electrons. The van der Waals surface area contributed by atoms with Crippen molar-refractivity contribution in [2.24, 2.45) is 0 Å². The van der Waals surface area contributed by atoms with Crippen LogP contribution in [0.25, 0.3) is 5.57 Å². The zero-order valence-corrected chi connectivity index (χ0v) is 16.7. The van der Waals surface area contributed by atoms with Crippen LogP contribution in [0.3, 0.4) is 0 Å². The average Bonchev–Trinajstić information content (AvgIpc) is 3.20. The lowest BCUT2D eigenvalue weighted by Crippen LogP contribution is -2.41. The van der Waals surface area contributed by atoms with Crippen molar-refractivity contribution in [2.45, 2.75) is 44.6 Å². The Kier molecular flexibility index (Phi) is 4.91. The van der Waals surface area contributed by atoms with Crippen molar-refractivity contribution in [1.82, 2.24) is 4.90 Å². The predicted molar refractivity (Wildman–Crippen MR) is 113 cm³/mol. The average molecular weight is 404 g/mol. The summed E-state index contributed by atoms with van der Waals surface area (Å²) >= 11 is 0. The summed E-state index contributed by atoms with van der Waals surface area (Å²) < 4.78 is 10.8. The molecule has 6 nitrogen and oxygen atoms in total. The van der Waals surface area contributed by atoms with Crippen molar-refractivity contribution < 1.29 is 19.1 Å². The number of carbonyl (C=O) groups is 2. The zero-order chi connectivity index (χ0) is 20.5. The van der Waals surface area contributed by atoms with Crippen molar-refractivity contribution in [3.05, 3.63) is 59.8 Å². The SMILES string of the molecule is O=C1C(Nc2ccc3c(c2)OCO3)=C(c2ccccc2)C(=O)N1C1CCCCCC1. The van der Waals surface area contributed by atoms with Gasteiger partial charge < -0.3 is 14.8 Å². The molecule has 1 fully saturated rings. The van der Waals surface area contributed by atoms with Gasteiger partial charge in [0.15, 0.2) is 11.5 Å². The van der Waals surface area contributed by atoms with Gasteiger partial charge in [-0.1, -0.05) is 56.0 Å². The standard InChI is InChI=1S/C24H24N2O4/c27-23-21(16-8-4-3-5-9-16)22(24(28)26(23)18-10-6-1-2-7-11-18)25-17-12-13-19-20(14-17)30-15-29-19/h3-5,8-9,12-14,18,25H,1-2,6-7,10-11,15H2. The van der Waals surface area contributed by atoms with Crippen LogP contribution in [0.4, 0.5) is 5.69 Å². The molecule has 1 aliphatic carbocycles. The van der Waals surface area contributed by atoms with Gasteiger partial charge in [-0.25, -0.2) is 0 Å². The van der Waals surface area contributed by atoms with Crippen LogP contribution in [-0.4, -0.2) is 29.5 Å². The Bertz CT molecular complexity index is 1010. The molecule has 1 N–H and O–H groups in total. The number of hydrogen-bond acceptors (Lipinski definition) is 5. The molecule has 0 spiro atoms. The van der Waals surface area contributed by atoms with E-state index in [1.165, 1.54) is 4.90 Å². The zero-order valence-electron chi connectivity index (χ0n) is 16.7. The molecule has 0 aromatic heterocycles. The van der Waals surface area contributed by atoms with Crippen LogP contribution in [0.2, 0.25) is 0 Å². The van der Waals surface area contributed by atoms with Crippen molar-refractivity contribution in [3.63, 3.8) is 0 Å². The van der Waals surface area contributed by atoms with Crippen molar-refractivity contribution in [2.75, 3.05) is 12.1 Å². The number of nitrogens with one attached hydrogen (secondary N) is 1. The lowest BCUT2D eigenvalue weighted by Gasteiger charge is -2.25. The normalized spacial score (nSPS) is 19.4. The minimum absolute atomic E-state index is 0.0396. The summed E-state index contributed by atoms with van der Waals surface area (Å²) in [5.41, 5.74) is 2.19. The Hall–Kier alpha value is -3.28. The molecule has 3 aliphatic rings. The lowest BCUT2D eigenvalue weighted by atomic mass is 10.0. The number of imide groups is 1. The van der Waals surface area contributed by atoms with Gasteiger partial charge in [-0.2, -0.15) is 0 Å². The van der Waals surface area contributed by atoms with E-state index >= 15 is 0 Å². The van der Waals surface area contributed by atoms with E-state index in [1.807, 2.05) is 36.4 Å². The number of carbonyl (C=O) groups excluding carboxylic acids is 2. The molecule has 2 amide bonds. The van der Waals surface area contributed by atoms with Crippen LogP contribution in [0.1, 0.15) is 44.1 Å². The molecule has 30 heavy (non-hydrogen) atoms. The highest BCUT2D eigenvalue weighted by Gasteiger charge is 2.42. The number of amides is 2. The van der Waals surface area contributed by atoms with E-state index in [0.29, 0.717) is 28.5 Å². The van der Waals surface area contributed by atoms with Crippen molar-refractivity contribution >= 4 is 23.1 Å². The Morgan fingerprint density at radius 3 is 2.33 bits per heavy atom. The maximum absolute atomic E-state index is 13.5. The van der Waals surface area contributed by atoms with E-state index in [-0.39, 0.29) is 24.6 Å². The highest BCUT2D eigenvalue weighted by molar-refractivity contribution is 6.36. The topological polar surface area (TPSA) is 67.9 Å². The molecule has 2 aromatic carbocycles. The molecule has 6 heteroatoms. The fourth-order valence-electron chi connectivity index (χ4n) is 4.50. The quantitative estimate of drug-likeness (QED) is 0.607. The fourth-order valence-corrected chi connectivity index (χ4v) is 4.50. The van der Waals surface area contributed by atoms with E-state index < -0.39 is 0 Å². The third-order valence-electron chi connectivity index (χ3n) is 6.01. The molecule has 2 heterocycles. The lowest BCUT2D eigenvalue weighted by molar-refractivity contribution is -0.139. The largest absolute Gasteiger partial charge is 0.454 e. The molecule has 0 unspecified atom stereocenters. The first-order valence-corrected chi connectivity index (χ1v) is 10.6. The van der Waals surface area contributed by atoms with Gasteiger partial charge in [0.25, 0.3) is 11.8 Å². The maximum atomic E-state index is 13.5. The van der Waals surface area contributed by atoms with Gasteiger partial charge in [0.2, 0.25) is 6.79 Å². The first-order chi connectivity index (χ1) is 14.7. The molecule has 0 atom stereocenters. The number of hydrogen-bond donors (Lipinski definition) is 1.